The van der Waals surface area contributed by atoms with Crippen LogP contribution < -0.4 is 5.63 Å². The number of hydrogen-bond acceptors (Lipinski definition) is 6. The number of nitrogens with zero attached hydrogens (tertiary/aromatic N) is 1. The molecule has 0 N–H and O–H groups in total. The van der Waals surface area contributed by atoms with Gasteiger partial charge >= 0.3 is 11.6 Å². The molecule has 4 aromatic rings. The molecule has 7 heteroatoms. The van der Waals surface area contributed by atoms with Crippen LogP contribution in [0.4, 0.5) is 0 Å². The first-order chi connectivity index (χ1) is 16.9. The molecule has 2 heterocycles. The summed E-state index contributed by atoms with van der Waals surface area (Å²) in [6, 6.07) is 21.1. The molecule has 0 aliphatic carbocycles. The molecular weight excluding hydrogens is 446 g/mol. The predicted molar refractivity (Wildman–Crippen MR) is 128 cm³/mol. The summed E-state index contributed by atoms with van der Waals surface area (Å²) in [5.74, 6) is -1.81. The van der Waals surface area contributed by atoms with Gasteiger partial charge in [-0.1, -0.05) is 54.6 Å². The summed E-state index contributed by atoms with van der Waals surface area (Å²) in [4.78, 5) is 52.6. The van der Waals surface area contributed by atoms with Crippen LogP contribution in [0.2, 0.25) is 0 Å². The van der Waals surface area contributed by atoms with Gasteiger partial charge in [0.1, 0.15) is 18.2 Å². The van der Waals surface area contributed by atoms with Gasteiger partial charge in [0.25, 0.3) is 11.8 Å². The van der Waals surface area contributed by atoms with Crippen LogP contribution in [-0.4, -0.2) is 28.7 Å². The maximum atomic E-state index is 13.4. The summed E-state index contributed by atoms with van der Waals surface area (Å²) in [7, 11) is 0. The van der Waals surface area contributed by atoms with Gasteiger partial charge < -0.3 is 9.15 Å². The van der Waals surface area contributed by atoms with E-state index in [1.54, 1.807) is 36.4 Å². The molecule has 5 rings (SSSR count). The van der Waals surface area contributed by atoms with E-state index in [9.17, 15) is 19.2 Å². The number of ether oxygens (including phenoxy) is 1. The fourth-order valence-corrected chi connectivity index (χ4v) is 4.31. The molecule has 174 valence electrons. The van der Waals surface area contributed by atoms with Crippen LogP contribution in [0, 0.1) is 6.92 Å². The number of esters is 1. The topological polar surface area (TPSA) is 93.9 Å². The molecule has 0 saturated carbocycles. The van der Waals surface area contributed by atoms with Gasteiger partial charge in [-0.2, -0.15) is 0 Å². The average molecular weight is 467 g/mol. The van der Waals surface area contributed by atoms with Crippen LogP contribution in [0.15, 0.2) is 88.1 Å². The van der Waals surface area contributed by atoms with Crippen molar-refractivity contribution >= 4 is 28.8 Å². The van der Waals surface area contributed by atoms with E-state index in [2.05, 4.69) is 0 Å². The predicted octanol–water partition coefficient (Wildman–Crippen LogP) is 4.05. The minimum atomic E-state index is -1.17. The highest BCUT2D eigenvalue weighted by molar-refractivity contribution is 6.22. The van der Waals surface area contributed by atoms with Gasteiger partial charge in [0, 0.05) is 23.4 Å². The molecular formula is C28H21NO6. The number of amides is 2. The lowest BCUT2D eigenvalue weighted by atomic mass is 10.0. The molecule has 0 saturated heterocycles. The molecule has 0 spiro atoms. The first-order valence-electron chi connectivity index (χ1n) is 11.1. The maximum Gasteiger partial charge on any atom is 0.336 e. The fraction of sp³-hybridized carbons (Fsp3) is 0.143. The van der Waals surface area contributed by atoms with Crippen molar-refractivity contribution in [1.29, 1.82) is 0 Å². The normalized spacial score (nSPS) is 13.7. The Kier molecular flexibility index (Phi) is 5.74. The van der Waals surface area contributed by atoms with E-state index < -0.39 is 29.5 Å². The Labute approximate surface area is 200 Å². The first kappa shape index (κ1) is 22.3. The summed E-state index contributed by atoms with van der Waals surface area (Å²) >= 11 is 0. The van der Waals surface area contributed by atoms with E-state index in [1.807, 2.05) is 43.3 Å². The number of carbonyl (C=O) groups is 3. The smallest absolute Gasteiger partial charge is 0.336 e. The van der Waals surface area contributed by atoms with Crippen molar-refractivity contribution < 1.29 is 23.5 Å². The van der Waals surface area contributed by atoms with Crippen molar-refractivity contribution in [3.05, 3.63) is 117 Å². The van der Waals surface area contributed by atoms with Crippen molar-refractivity contribution in [3.8, 4) is 0 Å². The number of carbonyl (C=O) groups excluding carboxylic acids is 3. The van der Waals surface area contributed by atoms with Crippen LogP contribution in [0.3, 0.4) is 0 Å². The van der Waals surface area contributed by atoms with E-state index in [0.717, 1.165) is 16.0 Å². The zero-order chi connectivity index (χ0) is 24.5. The largest absolute Gasteiger partial charge is 0.459 e. The summed E-state index contributed by atoms with van der Waals surface area (Å²) in [6.07, 6.45) is 0.0992. The highest BCUT2D eigenvalue weighted by Gasteiger charge is 2.43. The Balaban J connectivity index is 1.46. The molecule has 1 aromatic heterocycles. The number of aryl methyl sites for hydroxylation is 1. The van der Waals surface area contributed by atoms with Crippen LogP contribution in [0.1, 0.15) is 37.4 Å². The molecule has 0 radical (unpaired) electrons. The van der Waals surface area contributed by atoms with Crippen LogP contribution in [0.5, 0.6) is 0 Å². The van der Waals surface area contributed by atoms with E-state index in [0.29, 0.717) is 16.5 Å². The van der Waals surface area contributed by atoms with Crippen LogP contribution >= 0.6 is 0 Å². The number of benzene rings is 3. The van der Waals surface area contributed by atoms with Crippen molar-refractivity contribution in [1.82, 2.24) is 4.90 Å². The summed E-state index contributed by atoms with van der Waals surface area (Å²) in [5.41, 5.74) is 2.51. The average Bonchev–Trinajstić information content (AvgIpc) is 3.11. The van der Waals surface area contributed by atoms with E-state index in [-0.39, 0.29) is 24.2 Å². The van der Waals surface area contributed by atoms with Gasteiger partial charge in [-0.25, -0.2) is 9.59 Å². The van der Waals surface area contributed by atoms with Gasteiger partial charge in [-0.15, -0.1) is 0 Å². The third kappa shape index (κ3) is 4.24. The molecule has 1 aliphatic rings. The minimum Gasteiger partial charge on any atom is -0.459 e. The molecule has 1 atom stereocenters. The van der Waals surface area contributed by atoms with Crippen molar-refractivity contribution in [3.63, 3.8) is 0 Å². The second-order valence-corrected chi connectivity index (χ2v) is 8.43. The number of imide groups is 1. The molecule has 7 nitrogen and oxygen atoms in total. The Morgan fingerprint density at radius 1 is 0.886 bits per heavy atom. The molecule has 3 aromatic carbocycles. The zero-order valence-corrected chi connectivity index (χ0v) is 18.9. The fourth-order valence-electron chi connectivity index (χ4n) is 4.31. The number of hydrogen-bond donors (Lipinski definition) is 0. The second-order valence-electron chi connectivity index (χ2n) is 8.43. The lowest BCUT2D eigenvalue weighted by Gasteiger charge is -2.25. The Bertz CT molecular complexity index is 1490. The Morgan fingerprint density at radius 3 is 2.23 bits per heavy atom. The van der Waals surface area contributed by atoms with Crippen LogP contribution in [-0.2, 0) is 22.6 Å². The van der Waals surface area contributed by atoms with Crippen LogP contribution in [0.25, 0.3) is 11.0 Å². The SMILES string of the molecule is Cc1ccc2c(COC(=O)C(Cc3ccccc3)N3C(=O)c4ccccc4C3=O)cc(=O)oc2c1. The molecule has 35 heavy (non-hydrogen) atoms. The summed E-state index contributed by atoms with van der Waals surface area (Å²) < 4.78 is 10.9. The summed E-state index contributed by atoms with van der Waals surface area (Å²) in [5, 5.41) is 0.642. The van der Waals surface area contributed by atoms with Crippen molar-refractivity contribution in [2.75, 3.05) is 0 Å². The third-order valence-corrected chi connectivity index (χ3v) is 6.04. The zero-order valence-electron chi connectivity index (χ0n) is 18.9. The molecule has 0 bridgehead atoms. The molecule has 1 aliphatic heterocycles. The molecule has 0 fully saturated rings. The van der Waals surface area contributed by atoms with Crippen molar-refractivity contribution in [2.45, 2.75) is 26.0 Å². The van der Waals surface area contributed by atoms with Gasteiger partial charge in [-0.3, -0.25) is 14.5 Å². The summed E-state index contributed by atoms with van der Waals surface area (Å²) in [6.45, 7) is 1.67. The monoisotopic (exact) mass is 467 g/mol. The highest BCUT2D eigenvalue weighted by Crippen LogP contribution is 2.27. The Morgan fingerprint density at radius 2 is 1.54 bits per heavy atom. The van der Waals surface area contributed by atoms with Gasteiger partial charge in [0.2, 0.25) is 0 Å². The lowest BCUT2D eigenvalue weighted by molar-refractivity contribution is -0.149. The number of rotatable bonds is 6. The van der Waals surface area contributed by atoms with E-state index >= 15 is 0 Å². The minimum absolute atomic E-state index is 0.0992. The lowest BCUT2D eigenvalue weighted by Crippen LogP contribution is -2.47. The van der Waals surface area contributed by atoms with Crippen molar-refractivity contribution in [2.24, 2.45) is 0 Å². The number of fused-ring (bicyclic) bond motifs is 2. The van der Waals surface area contributed by atoms with Gasteiger partial charge in [0.05, 0.1) is 11.1 Å². The third-order valence-electron chi connectivity index (χ3n) is 6.04. The molecule has 1 unspecified atom stereocenters. The van der Waals surface area contributed by atoms with Gasteiger partial charge in [0.15, 0.2) is 0 Å². The van der Waals surface area contributed by atoms with E-state index in [4.69, 9.17) is 9.15 Å². The van der Waals surface area contributed by atoms with E-state index in [1.165, 1.54) is 6.07 Å². The first-order valence-corrected chi connectivity index (χ1v) is 11.1. The molecule has 2 amide bonds. The second kappa shape index (κ2) is 9.02. The maximum absolute atomic E-state index is 13.4. The standard InChI is InChI=1S/C28H21NO6/c1-17-11-12-20-19(15-25(30)35-24(20)13-17)16-34-28(33)23(14-18-7-3-2-4-8-18)29-26(31)21-9-5-6-10-22(21)27(29)32/h2-13,15,23H,14,16H2,1H3. The Hall–Kier alpha value is -4.52. The highest BCUT2D eigenvalue weighted by atomic mass is 16.5. The quantitative estimate of drug-likeness (QED) is 0.241. The van der Waals surface area contributed by atoms with Gasteiger partial charge in [-0.05, 0) is 36.2 Å².